The molecular formula is C25H42O6. The van der Waals surface area contributed by atoms with E-state index in [-0.39, 0.29) is 11.9 Å². The fourth-order valence-electron chi connectivity index (χ4n) is 6.08. The lowest BCUT2D eigenvalue weighted by Gasteiger charge is -2.61. The summed E-state index contributed by atoms with van der Waals surface area (Å²) < 4.78 is 23.8. The summed E-state index contributed by atoms with van der Waals surface area (Å²) in [6.45, 7) is 12.1. The molecule has 6 heteroatoms. The molecule has 0 spiro atoms. The molecule has 0 saturated heterocycles. The van der Waals surface area contributed by atoms with Crippen molar-refractivity contribution in [2.45, 2.75) is 123 Å². The van der Waals surface area contributed by atoms with Gasteiger partial charge in [0, 0.05) is 19.4 Å². The highest BCUT2D eigenvalue weighted by atomic mass is 16.7. The van der Waals surface area contributed by atoms with E-state index in [2.05, 4.69) is 0 Å². The lowest BCUT2D eigenvalue weighted by atomic mass is 9.52. The van der Waals surface area contributed by atoms with Crippen LogP contribution in [-0.4, -0.2) is 42.1 Å². The first kappa shape index (κ1) is 24.5. The molecule has 0 heterocycles. The first-order valence-electron chi connectivity index (χ1n) is 12.3. The van der Waals surface area contributed by atoms with E-state index in [1.54, 1.807) is 6.92 Å². The van der Waals surface area contributed by atoms with Crippen LogP contribution in [0.4, 0.5) is 0 Å². The quantitative estimate of drug-likeness (QED) is 0.327. The first-order chi connectivity index (χ1) is 14.6. The first-order valence-corrected chi connectivity index (χ1v) is 12.3. The highest BCUT2D eigenvalue weighted by Crippen LogP contribution is 2.60. The van der Waals surface area contributed by atoms with Crippen LogP contribution in [0.1, 0.15) is 99.3 Å². The predicted molar refractivity (Wildman–Crippen MR) is 117 cm³/mol. The van der Waals surface area contributed by atoms with Gasteiger partial charge >= 0.3 is 11.9 Å². The number of carbonyl (C=O) groups excluding carboxylic acids is 2. The topological polar surface area (TPSA) is 71.1 Å². The van der Waals surface area contributed by atoms with Crippen LogP contribution in [0.25, 0.3) is 0 Å². The monoisotopic (exact) mass is 438 g/mol. The summed E-state index contributed by atoms with van der Waals surface area (Å²) in [6.07, 6.45) is 6.66. The van der Waals surface area contributed by atoms with Crippen molar-refractivity contribution in [1.29, 1.82) is 0 Å². The van der Waals surface area contributed by atoms with Crippen LogP contribution in [0.5, 0.6) is 0 Å². The number of hydrogen-bond donors (Lipinski definition) is 0. The van der Waals surface area contributed by atoms with Crippen LogP contribution in [0.15, 0.2) is 0 Å². The molecule has 4 bridgehead atoms. The fourth-order valence-corrected chi connectivity index (χ4v) is 6.08. The molecule has 0 aliphatic heterocycles. The van der Waals surface area contributed by atoms with Crippen molar-refractivity contribution in [3.63, 3.8) is 0 Å². The standard InChI is InChI=1S/C25H42O6/c1-7-10-20(28-9-3)29-21(26)17(4)30-24-12-18-11-19(13-24)15-25(14-18,16-24)31-22(27)23(5,6)8-2/h17-20H,7-16H2,1-6H3. The molecule has 4 fully saturated rings. The van der Waals surface area contributed by atoms with Gasteiger partial charge in [0.05, 0.1) is 11.0 Å². The molecule has 31 heavy (non-hydrogen) atoms. The number of ether oxygens (including phenoxy) is 4. The van der Waals surface area contributed by atoms with Gasteiger partial charge in [-0.25, -0.2) is 4.79 Å². The number of esters is 2. The molecule has 4 aliphatic rings. The Morgan fingerprint density at radius 2 is 1.65 bits per heavy atom. The largest absolute Gasteiger partial charge is 0.459 e. The van der Waals surface area contributed by atoms with E-state index >= 15 is 0 Å². The molecular weight excluding hydrogens is 396 g/mol. The van der Waals surface area contributed by atoms with E-state index in [9.17, 15) is 9.59 Å². The third-order valence-corrected chi connectivity index (χ3v) is 7.58. The second kappa shape index (κ2) is 9.38. The Bertz CT molecular complexity index is 636. The van der Waals surface area contributed by atoms with E-state index in [1.807, 2.05) is 34.6 Å². The van der Waals surface area contributed by atoms with Gasteiger partial charge in [0.15, 0.2) is 6.10 Å². The van der Waals surface area contributed by atoms with E-state index in [0.29, 0.717) is 31.3 Å². The van der Waals surface area contributed by atoms with Crippen molar-refractivity contribution >= 4 is 11.9 Å². The van der Waals surface area contributed by atoms with Crippen LogP contribution < -0.4 is 0 Å². The van der Waals surface area contributed by atoms with Crippen molar-refractivity contribution in [2.75, 3.05) is 6.61 Å². The maximum atomic E-state index is 12.9. The average Bonchev–Trinajstić information content (AvgIpc) is 2.66. The molecule has 6 nitrogen and oxygen atoms in total. The normalized spacial score (nSPS) is 33.7. The minimum Gasteiger partial charge on any atom is -0.459 e. The van der Waals surface area contributed by atoms with Gasteiger partial charge in [-0.2, -0.15) is 0 Å². The molecule has 0 N–H and O–H groups in total. The average molecular weight is 439 g/mol. The lowest BCUT2D eigenvalue weighted by Crippen LogP contribution is -2.62. The van der Waals surface area contributed by atoms with Gasteiger partial charge in [-0.1, -0.05) is 20.3 Å². The van der Waals surface area contributed by atoms with Crippen LogP contribution in [0.2, 0.25) is 0 Å². The Hall–Kier alpha value is -1.14. The molecule has 4 saturated carbocycles. The molecule has 4 rings (SSSR count). The molecule has 4 aliphatic carbocycles. The molecule has 0 aromatic heterocycles. The van der Waals surface area contributed by atoms with Crippen molar-refractivity contribution in [1.82, 2.24) is 0 Å². The maximum absolute atomic E-state index is 12.9. The van der Waals surface area contributed by atoms with E-state index in [4.69, 9.17) is 18.9 Å². The Morgan fingerprint density at radius 3 is 2.19 bits per heavy atom. The summed E-state index contributed by atoms with van der Waals surface area (Å²) in [5, 5.41) is 0. The van der Waals surface area contributed by atoms with Crippen molar-refractivity contribution in [3.8, 4) is 0 Å². The van der Waals surface area contributed by atoms with Gasteiger partial charge in [0.2, 0.25) is 6.29 Å². The second-order valence-electron chi connectivity index (χ2n) is 10.8. The lowest BCUT2D eigenvalue weighted by molar-refractivity contribution is -0.253. The zero-order valence-corrected chi connectivity index (χ0v) is 20.3. The summed E-state index contributed by atoms with van der Waals surface area (Å²) >= 11 is 0. The smallest absolute Gasteiger partial charge is 0.337 e. The number of hydrogen-bond acceptors (Lipinski definition) is 6. The fraction of sp³-hybridized carbons (Fsp3) is 0.920. The number of rotatable bonds is 11. The highest BCUT2D eigenvalue weighted by molar-refractivity contribution is 5.76. The third-order valence-electron chi connectivity index (χ3n) is 7.58. The predicted octanol–water partition coefficient (Wildman–Crippen LogP) is 5.17. The second-order valence-corrected chi connectivity index (χ2v) is 10.8. The summed E-state index contributed by atoms with van der Waals surface area (Å²) in [5.41, 5.74) is -1.35. The minimum atomic E-state index is -0.670. The van der Waals surface area contributed by atoms with Crippen LogP contribution in [0.3, 0.4) is 0 Å². The minimum absolute atomic E-state index is 0.112. The SMILES string of the molecule is CCCC(OCC)OC(=O)C(C)OC12CC3CC(CC(OC(=O)C(C)(C)CC)(C3)C1)C2. The zero-order chi connectivity index (χ0) is 22.9. The molecule has 0 aromatic carbocycles. The Labute approximate surface area is 187 Å². The van der Waals surface area contributed by atoms with Crippen LogP contribution >= 0.6 is 0 Å². The van der Waals surface area contributed by atoms with Gasteiger partial charge in [-0.3, -0.25) is 4.79 Å². The summed E-state index contributed by atoms with van der Waals surface area (Å²) in [6, 6.07) is 0. The summed E-state index contributed by atoms with van der Waals surface area (Å²) in [4.78, 5) is 25.7. The molecule has 0 aromatic rings. The summed E-state index contributed by atoms with van der Waals surface area (Å²) in [7, 11) is 0. The highest BCUT2D eigenvalue weighted by Gasteiger charge is 2.61. The van der Waals surface area contributed by atoms with E-state index in [1.165, 1.54) is 6.42 Å². The number of carbonyl (C=O) groups is 2. The van der Waals surface area contributed by atoms with Crippen molar-refractivity contribution in [3.05, 3.63) is 0 Å². The molecule has 0 amide bonds. The molecule has 178 valence electrons. The van der Waals surface area contributed by atoms with Crippen LogP contribution in [-0.2, 0) is 28.5 Å². The molecule has 4 unspecified atom stereocenters. The Kier molecular flexibility index (Phi) is 7.42. The van der Waals surface area contributed by atoms with Gasteiger partial charge in [-0.05, 0) is 78.1 Å². The van der Waals surface area contributed by atoms with E-state index < -0.39 is 29.0 Å². The Balaban J connectivity index is 1.69. The zero-order valence-electron chi connectivity index (χ0n) is 20.3. The van der Waals surface area contributed by atoms with Gasteiger partial charge in [0.1, 0.15) is 5.60 Å². The molecule has 0 radical (unpaired) electrons. The van der Waals surface area contributed by atoms with Crippen LogP contribution in [0, 0.1) is 17.3 Å². The third kappa shape index (κ3) is 5.44. The summed E-state index contributed by atoms with van der Waals surface area (Å²) in [5.74, 6) is 0.482. The van der Waals surface area contributed by atoms with Crippen molar-refractivity contribution < 1.29 is 28.5 Å². The van der Waals surface area contributed by atoms with E-state index in [0.717, 1.165) is 38.5 Å². The van der Waals surface area contributed by atoms with Gasteiger partial charge in [0.25, 0.3) is 0 Å². The van der Waals surface area contributed by atoms with Gasteiger partial charge < -0.3 is 18.9 Å². The maximum Gasteiger partial charge on any atom is 0.337 e. The van der Waals surface area contributed by atoms with Crippen molar-refractivity contribution in [2.24, 2.45) is 17.3 Å². The van der Waals surface area contributed by atoms with Gasteiger partial charge in [-0.15, -0.1) is 0 Å². The molecule has 4 atom stereocenters. The Morgan fingerprint density at radius 1 is 1.03 bits per heavy atom.